The molecule has 0 unspecified atom stereocenters. The van der Waals surface area contributed by atoms with Gasteiger partial charge in [0.05, 0.1) is 19.3 Å². The third-order valence-corrected chi connectivity index (χ3v) is 4.04. The lowest BCUT2D eigenvalue weighted by Gasteiger charge is -2.27. The first kappa shape index (κ1) is 14.4. The van der Waals surface area contributed by atoms with Gasteiger partial charge in [0.15, 0.2) is 5.13 Å². The van der Waals surface area contributed by atoms with Crippen LogP contribution in [0.25, 0.3) is 0 Å². The molecule has 0 bridgehead atoms. The minimum absolute atomic E-state index is 0.0882. The number of nitrogens with zero attached hydrogens (tertiary/aromatic N) is 1. The van der Waals surface area contributed by atoms with Crippen LogP contribution in [0.2, 0.25) is 0 Å². The number of hydrogen-bond donors (Lipinski definition) is 1. The monoisotopic (exact) mass is 284 g/mol. The van der Waals surface area contributed by atoms with Gasteiger partial charge < -0.3 is 14.8 Å². The maximum Gasteiger partial charge on any atom is 0.229 e. The Morgan fingerprint density at radius 2 is 2.21 bits per heavy atom. The van der Waals surface area contributed by atoms with Gasteiger partial charge in [-0.25, -0.2) is 4.98 Å². The molecule has 1 saturated carbocycles. The summed E-state index contributed by atoms with van der Waals surface area (Å²) in [5.41, 5.74) is 0. The largest absolute Gasteiger partial charge is 0.382 e. The van der Waals surface area contributed by atoms with Gasteiger partial charge >= 0.3 is 0 Å². The molecule has 1 amide bonds. The molecule has 6 heteroatoms. The van der Waals surface area contributed by atoms with E-state index in [1.54, 1.807) is 13.3 Å². The fraction of sp³-hybridized carbons (Fsp3) is 0.692. The van der Waals surface area contributed by atoms with Gasteiger partial charge in [-0.2, -0.15) is 0 Å². The standard InChI is InChI=1S/C13H20N2O3S/c1-17-7-8-18-11-4-2-10(3-5-11)12(16)15-13-14-6-9-19-13/h6,9-11H,2-5,7-8H2,1H3,(H,14,15,16). The Kier molecular flexibility index (Phi) is 5.75. The SMILES string of the molecule is COCCOC1CCC(C(=O)Nc2nccs2)CC1. The molecule has 106 valence electrons. The summed E-state index contributed by atoms with van der Waals surface area (Å²) < 4.78 is 10.6. The highest BCUT2D eigenvalue weighted by molar-refractivity contribution is 7.13. The van der Waals surface area contributed by atoms with Crippen LogP contribution < -0.4 is 5.32 Å². The van der Waals surface area contributed by atoms with Gasteiger partial charge in [0, 0.05) is 24.6 Å². The molecule has 1 aromatic heterocycles. The molecule has 19 heavy (non-hydrogen) atoms. The Bertz CT molecular complexity index is 375. The molecule has 2 rings (SSSR count). The summed E-state index contributed by atoms with van der Waals surface area (Å²) in [7, 11) is 1.67. The lowest BCUT2D eigenvalue weighted by atomic mass is 9.87. The zero-order valence-electron chi connectivity index (χ0n) is 11.1. The van der Waals surface area contributed by atoms with Crippen molar-refractivity contribution < 1.29 is 14.3 Å². The summed E-state index contributed by atoms with van der Waals surface area (Å²) in [6, 6.07) is 0. The third-order valence-electron chi connectivity index (χ3n) is 3.35. The molecule has 0 aliphatic heterocycles. The molecule has 1 fully saturated rings. The highest BCUT2D eigenvalue weighted by Crippen LogP contribution is 2.27. The summed E-state index contributed by atoms with van der Waals surface area (Å²) in [5, 5.41) is 5.41. The van der Waals surface area contributed by atoms with Crippen molar-refractivity contribution in [2.24, 2.45) is 5.92 Å². The van der Waals surface area contributed by atoms with E-state index < -0.39 is 0 Å². The highest BCUT2D eigenvalue weighted by atomic mass is 32.1. The molecule has 0 atom stereocenters. The van der Waals surface area contributed by atoms with Crippen molar-refractivity contribution in [2.45, 2.75) is 31.8 Å². The van der Waals surface area contributed by atoms with Gasteiger partial charge in [-0.15, -0.1) is 11.3 Å². The van der Waals surface area contributed by atoms with Crippen LogP contribution in [0, 0.1) is 5.92 Å². The van der Waals surface area contributed by atoms with E-state index in [4.69, 9.17) is 9.47 Å². The predicted octanol–water partition coefficient (Wildman–Crippen LogP) is 2.30. The first-order valence-electron chi connectivity index (χ1n) is 6.60. The van der Waals surface area contributed by atoms with E-state index in [9.17, 15) is 4.79 Å². The number of amides is 1. The summed E-state index contributed by atoms with van der Waals surface area (Å²) >= 11 is 1.45. The van der Waals surface area contributed by atoms with Gasteiger partial charge in [0.25, 0.3) is 0 Å². The van der Waals surface area contributed by atoms with Crippen molar-refractivity contribution in [1.82, 2.24) is 4.98 Å². The number of ether oxygens (including phenoxy) is 2. The number of anilines is 1. The quantitative estimate of drug-likeness (QED) is 0.814. The molecule has 0 spiro atoms. The summed E-state index contributed by atoms with van der Waals surface area (Å²) in [4.78, 5) is 16.1. The maximum atomic E-state index is 12.0. The van der Waals surface area contributed by atoms with Crippen LogP contribution in [-0.2, 0) is 14.3 Å². The fourth-order valence-electron chi connectivity index (χ4n) is 2.28. The second-order valence-corrected chi connectivity index (χ2v) is 5.56. The molecular weight excluding hydrogens is 264 g/mol. The van der Waals surface area contributed by atoms with Crippen LogP contribution in [0.4, 0.5) is 5.13 Å². The lowest BCUT2D eigenvalue weighted by Crippen LogP contribution is -2.30. The first-order chi connectivity index (χ1) is 9.29. The predicted molar refractivity (Wildman–Crippen MR) is 74.3 cm³/mol. The van der Waals surface area contributed by atoms with Crippen LogP contribution >= 0.6 is 11.3 Å². The normalized spacial score (nSPS) is 23.2. The topological polar surface area (TPSA) is 60.5 Å². The van der Waals surface area contributed by atoms with Gasteiger partial charge in [0.1, 0.15) is 0 Å². The van der Waals surface area contributed by atoms with Gasteiger partial charge in [-0.05, 0) is 25.7 Å². The average molecular weight is 284 g/mol. The Morgan fingerprint density at radius 3 is 2.84 bits per heavy atom. The van der Waals surface area contributed by atoms with Crippen molar-refractivity contribution in [3.63, 3.8) is 0 Å². The van der Waals surface area contributed by atoms with Crippen LogP contribution in [-0.4, -0.2) is 37.3 Å². The summed E-state index contributed by atoms with van der Waals surface area (Å²) in [5.74, 6) is 0.177. The summed E-state index contributed by atoms with van der Waals surface area (Å²) in [6.07, 6.45) is 5.63. The second-order valence-electron chi connectivity index (χ2n) is 4.66. The van der Waals surface area contributed by atoms with Gasteiger partial charge in [-0.1, -0.05) is 0 Å². The molecule has 0 radical (unpaired) electrons. The number of aromatic nitrogens is 1. The third kappa shape index (κ3) is 4.56. The van der Waals surface area contributed by atoms with E-state index in [2.05, 4.69) is 10.3 Å². The fourth-order valence-corrected chi connectivity index (χ4v) is 2.81. The molecule has 1 aliphatic rings. The first-order valence-corrected chi connectivity index (χ1v) is 7.48. The van der Waals surface area contributed by atoms with E-state index in [-0.39, 0.29) is 17.9 Å². The van der Waals surface area contributed by atoms with E-state index in [1.807, 2.05) is 5.38 Å². The van der Waals surface area contributed by atoms with E-state index in [0.717, 1.165) is 25.7 Å². The molecule has 5 nitrogen and oxygen atoms in total. The molecule has 1 N–H and O–H groups in total. The van der Waals surface area contributed by atoms with Crippen LogP contribution in [0.15, 0.2) is 11.6 Å². The van der Waals surface area contributed by atoms with Crippen molar-refractivity contribution in [2.75, 3.05) is 25.6 Å². The van der Waals surface area contributed by atoms with Crippen molar-refractivity contribution in [1.29, 1.82) is 0 Å². The van der Waals surface area contributed by atoms with Crippen molar-refractivity contribution in [3.05, 3.63) is 11.6 Å². The van der Waals surface area contributed by atoms with Crippen LogP contribution in [0.5, 0.6) is 0 Å². The highest BCUT2D eigenvalue weighted by Gasteiger charge is 2.26. The Hall–Kier alpha value is -0.980. The van der Waals surface area contributed by atoms with Crippen molar-refractivity contribution >= 4 is 22.4 Å². The zero-order chi connectivity index (χ0) is 13.5. The number of hydrogen-bond acceptors (Lipinski definition) is 5. The molecule has 1 aromatic rings. The number of rotatable bonds is 6. The van der Waals surface area contributed by atoms with E-state index in [0.29, 0.717) is 18.3 Å². The Labute approximate surface area is 117 Å². The lowest BCUT2D eigenvalue weighted by molar-refractivity contribution is -0.121. The van der Waals surface area contributed by atoms with Crippen LogP contribution in [0.1, 0.15) is 25.7 Å². The van der Waals surface area contributed by atoms with Gasteiger partial charge in [0.2, 0.25) is 5.91 Å². The van der Waals surface area contributed by atoms with E-state index in [1.165, 1.54) is 11.3 Å². The summed E-state index contributed by atoms with van der Waals surface area (Å²) in [6.45, 7) is 1.27. The number of methoxy groups -OCH3 is 1. The Morgan fingerprint density at radius 1 is 1.42 bits per heavy atom. The van der Waals surface area contributed by atoms with Crippen LogP contribution in [0.3, 0.4) is 0 Å². The number of thiazole rings is 1. The number of carbonyl (C=O) groups is 1. The molecule has 0 saturated heterocycles. The van der Waals surface area contributed by atoms with E-state index >= 15 is 0 Å². The zero-order valence-corrected chi connectivity index (χ0v) is 11.9. The average Bonchev–Trinajstić information content (AvgIpc) is 2.93. The van der Waals surface area contributed by atoms with Gasteiger partial charge in [-0.3, -0.25) is 4.79 Å². The Balaban J connectivity index is 1.69. The smallest absolute Gasteiger partial charge is 0.229 e. The minimum atomic E-state index is 0.0882. The molecule has 1 aliphatic carbocycles. The minimum Gasteiger partial charge on any atom is -0.382 e. The number of nitrogens with one attached hydrogen (secondary N) is 1. The second kappa shape index (κ2) is 7.57. The number of carbonyl (C=O) groups excluding carboxylic acids is 1. The van der Waals surface area contributed by atoms with Crippen molar-refractivity contribution in [3.8, 4) is 0 Å². The maximum absolute atomic E-state index is 12.0. The molecule has 1 heterocycles. The molecular formula is C13H20N2O3S. The molecule has 0 aromatic carbocycles.